The first-order valence-electron chi connectivity index (χ1n) is 7.54. The Morgan fingerprint density at radius 2 is 1.95 bits per heavy atom. The highest BCUT2D eigenvalue weighted by Gasteiger charge is 2.05. The molecule has 0 bridgehead atoms. The van der Waals surface area contributed by atoms with Gasteiger partial charge in [0.2, 0.25) is 0 Å². The second kappa shape index (κ2) is 8.78. The number of hydrogen-bond acceptors (Lipinski definition) is 3. The van der Waals surface area contributed by atoms with Gasteiger partial charge in [0.1, 0.15) is 5.75 Å². The van der Waals surface area contributed by atoms with Crippen molar-refractivity contribution in [1.82, 2.24) is 4.98 Å². The summed E-state index contributed by atoms with van der Waals surface area (Å²) in [6.07, 6.45) is 9.37. The summed E-state index contributed by atoms with van der Waals surface area (Å²) in [4.78, 5) is 16.3. The van der Waals surface area contributed by atoms with E-state index in [0.717, 1.165) is 36.3 Å². The molecule has 2 aromatic rings. The third-order valence-electron chi connectivity index (χ3n) is 3.41. The normalized spacial score (nSPS) is 10.8. The molecule has 0 spiro atoms. The van der Waals surface area contributed by atoms with E-state index in [1.807, 2.05) is 48.5 Å². The Kier molecular flexibility index (Phi) is 6.37. The molecule has 0 N–H and O–H groups in total. The van der Waals surface area contributed by atoms with Crippen LogP contribution in [0, 0.1) is 0 Å². The fourth-order valence-corrected chi connectivity index (χ4v) is 2.15. The molecule has 0 radical (unpaired) electrons. The molecule has 2 rings (SSSR count). The largest absolute Gasteiger partial charge is 0.497 e. The van der Waals surface area contributed by atoms with E-state index in [1.54, 1.807) is 13.3 Å². The summed E-state index contributed by atoms with van der Waals surface area (Å²) >= 11 is 0. The zero-order chi connectivity index (χ0) is 15.6. The summed E-state index contributed by atoms with van der Waals surface area (Å²) in [5, 5.41) is 0. The maximum Gasteiger partial charge on any atom is 0.162 e. The number of Topliss-reactive ketones (excluding diaryl/α,β-unsaturated/α-hetero) is 1. The summed E-state index contributed by atoms with van der Waals surface area (Å²) in [5.74, 6) is 0.965. The van der Waals surface area contributed by atoms with E-state index in [9.17, 15) is 4.79 Å². The highest BCUT2D eigenvalue weighted by molar-refractivity contribution is 5.96. The first-order chi connectivity index (χ1) is 10.8. The van der Waals surface area contributed by atoms with Crippen molar-refractivity contribution < 1.29 is 9.53 Å². The zero-order valence-corrected chi connectivity index (χ0v) is 12.9. The van der Waals surface area contributed by atoms with Crippen LogP contribution in [0.5, 0.6) is 5.75 Å². The van der Waals surface area contributed by atoms with Gasteiger partial charge in [0.25, 0.3) is 0 Å². The van der Waals surface area contributed by atoms with Gasteiger partial charge >= 0.3 is 0 Å². The molecule has 1 aromatic carbocycles. The second-order valence-electron chi connectivity index (χ2n) is 5.05. The highest BCUT2D eigenvalue weighted by atomic mass is 16.5. The predicted octanol–water partition coefficient (Wildman–Crippen LogP) is 4.55. The average Bonchev–Trinajstić information content (AvgIpc) is 2.58. The maximum absolute atomic E-state index is 12.0. The molecule has 0 unspecified atom stereocenters. The Hall–Kier alpha value is -2.42. The number of pyridine rings is 1. The summed E-state index contributed by atoms with van der Waals surface area (Å²) < 4.78 is 5.09. The van der Waals surface area contributed by atoms with Crippen molar-refractivity contribution in [2.75, 3.05) is 7.11 Å². The summed E-state index contributed by atoms with van der Waals surface area (Å²) in [7, 11) is 1.62. The number of carbonyl (C=O) groups excluding carboxylic acids is 1. The summed E-state index contributed by atoms with van der Waals surface area (Å²) in [5.41, 5.74) is 1.72. The molecule has 1 heterocycles. The molecule has 0 aliphatic carbocycles. The number of unbranched alkanes of at least 4 members (excludes halogenated alkanes) is 2. The number of rotatable bonds is 8. The van der Waals surface area contributed by atoms with Crippen LogP contribution in [0.15, 0.2) is 54.7 Å². The number of hydrogen-bond donors (Lipinski definition) is 0. The lowest BCUT2D eigenvalue weighted by Gasteiger charge is -2.02. The van der Waals surface area contributed by atoms with Crippen molar-refractivity contribution in [2.24, 2.45) is 0 Å². The van der Waals surface area contributed by atoms with Crippen molar-refractivity contribution in [1.29, 1.82) is 0 Å². The molecular weight excluding hydrogens is 274 g/mol. The third-order valence-corrected chi connectivity index (χ3v) is 3.41. The van der Waals surface area contributed by atoms with Crippen LogP contribution in [0.25, 0.3) is 6.08 Å². The first-order valence-corrected chi connectivity index (χ1v) is 7.54. The van der Waals surface area contributed by atoms with Crippen molar-refractivity contribution in [3.63, 3.8) is 0 Å². The Bertz CT molecular complexity index is 603. The van der Waals surface area contributed by atoms with Gasteiger partial charge in [-0.1, -0.05) is 12.1 Å². The lowest BCUT2D eigenvalue weighted by atomic mass is 10.0. The van der Waals surface area contributed by atoms with Gasteiger partial charge in [-0.2, -0.15) is 0 Å². The number of methoxy groups -OCH3 is 1. The fraction of sp³-hybridized carbons (Fsp3) is 0.263. The molecule has 0 atom stereocenters. The van der Waals surface area contributed by atoms with Crippen LogP contribution in [-0.4, -0.2) is 17.9 Å². The van der Waals surface area contributed by atoms with E-state index in [4.69, 9.17) is 4.74 Å². The van der Waals surface area contributed by atoms with Crippen molar-refractivity contribution >= 4 is 11.9 Å². The van der Waals surface area contributed by atoms with E-state index in [2.05, 4.69) is 11.1 Å². The number of carbonyl (C=O) groups is 1. The van der Waals surface area contributed by atoms with Crippen molar-refractivity contribution in [3.05, 3.63) is 66.0 Å². The molecular formula is C19H21NO2. The van der Waals surface area contributed by atoms with E-state index in [1.165, 1.54) is 0 Å². The molecule has 3 nitrogen and oxygen atoms in total. The fourth-order valence-electron chi connectivity index (χ4n) is 2.15. The number of benzene rings is 1. The molecule has 22 heavy (non-hydrogen) atoms. The lowest BCUT2D eigenvalue weighted by molar-refractivity contribution is 0.0979. The Balaban J connectivity index is 1.67. The molecule has 0 saturated heterocycles. The van der Waals surface area contributed by atoms with E-state index in [-0.39, 0.29) is 5.78 Å². The minimum Gasteiger partial charge on any atom is -0.497 e. The van der Waals surface area contributed by atoms with Crippen LogP contribution in [0.1, 0.15) is 41.7 Å². The number of ketones is 1. The summed E-state index contributed by atoms with van der Waals surface area (Å²) in [6.45, 7) is 0. The molecule has 0 fully saturated rings. The molecule has 0 saturated carbocycles. The molecule has 0 amide bonds. The highest BCUT2D eigenvalue weighted by Crippen LogP contribution is 2.14. The minimum atomic E-state index is 0.191. The minimum absolute atomic E-state index is 0.191. The Morgan fingerprint density at radius 1 is 1.14 bits per heavy atom. The van der Waals surface area contributed by atoms with Crippen molar-refractivity contribution in [2.45, 2.75) is 25.7 Å². The molecule has 3 heteroatoms. The van der Waals surface area contributed by atoms with Gasteiger partial charge in [-0.3, -0.25) is 9.78 Å². The maximum atomic E-state index is 12.0. The third kappa shape index (κ3) is 5.17. The second-order valence-corrected chi connectivity index (χ2v) is 5.05. The van der Waals surface area contributed by atoms with Crippen LogP contribution in [0.3, 0.4) is 0 Å². The van der Waals surface area contributed by atoms with Gasteiger partial charge in [-0.05, 0) is 61.7 Å². The number of ether oxygens (including phenoxy) is 1. The van der Waals surface area contributed by atoms with Gasteiger partial charge in [-0.15, -0.1) is 0 Å². The van der Waals surface area contributed by atoms with Gasteiger partial charge in [0, 0.05) is 18.2 Å². The average molecular weight is 295 g/mol. The molecule has 0 aliphatic heterocycles. The smallest absolute Gasteiger partial charge is 0.162 e. The van der Waals surface area contributed by atoms with Crippen molar-refractivity contribution in [3.8, 4) is 5.75 Å². The van der Waals surface area contributed by atoms with E-state index >= 15 is 0 Å². The monoisotopic (exact) mass is 295 g/mol. The molecule has 1 aromatic heterocycles. The standard InChI is InChI=1S/C19H21NO2/c1-22-18-13-11-16(12-14-18)19(21)10-5-3-2-4-8-17-9-6-7-15-20-17/h4,6-9,11-15H,2-3,5,10H2,1H3/b8-4-. The predicted molar refractivity (Wildman–Crippen MR) is 89.1 cm³/mol. The van der Waals surface area contributed by atoms with Gasteiger partial charge in [0.05, 0.1) is 12.8 Å². The lowest BCUT2D eigenvalue weighted by Crippen LogP contribution is -1.98. The summed E-state index contributed by atoms with van der Waals surface area (Å²) in [6, 6.07) is 13.1. The SMILES string of the molecule is COc1ccc(C(=O)CCCC/C=C\c2ccccn2)cc1. The number of aromatic nitrogens is 1. The topological polar surface area (TPSA) is 39.2 Å². The Labute approximate surface area is 131 Å². The van der Waals surface area contributed by atoms with Crippen LogP contribution in [0.2, 0.25) is 0 Å². The number of nitrogens with zero attached hydrogens (tertiary/aromatic N) is 1. The van der Waals surface area contributed by atoms with E-state index < -0.39 is 0 Å². The quantitative estimate of drug-likeness (QED) is 0.530. The zero-order valence-electron chi connectivity index (χ0n) is 12.9. The van der Waals surface area contributed by atoms with Gasteiger partial charge in [0.15, 0.2) is 5.78 Å². The van der Waals surface area contributed by atoms with Crippen LogP contribution >= 0.6 is 0 Å². The van der Waals surface area contributed by atoms with Gasteiger partial charge in [-0.25, -0.2) is 0 Å². The molecule has 114 valence electrons. The van der Waals surface area contributed by atoms with Gasteiger partial charge < -0.3 is 4.74 Å². The van der Waals surface area contributed by atoms with Crippen LogP contribution in [-0.2, 0) is 0 Å². The van der Waals surface area contributed by atoms with E-state index in [0.29, 0.717) is 6.42 Å². The number of allylic oxidation sites excluding steroid dienone is 1. The Morgan fingerprint density at radius 3 is 2.64 bits per heavy atom. The van der Waals surface area contributed by atoms with Crippen LogP contribution in [0.4, 0.5) is 0 Å². The first kappa shape index (κ1) is 16.0. The molecule has 0 aliphatic rings. The van der Waals surface area contributed by atoms with Crippen LogP contribution < -0.4 is 4.74 Å².